The van der Waals surface area contributed by atoms with Gasteiger partial charge in [0.05, 0.1) is 16.0 Å². The van der Waals surface area contributed by atoms with E-state index in [-0.39, 0.29) is 16.0 Å². The molecule has 0 N–H and O–H groups in total. The Morgan fingerprint density at radius 1 is 1.44 bits per heavy atom. The SMILES string of the molecule is CC(N=C=O)c1ccc(S(C)(=O)=O)c(Cl)c1. The predicted molar refractivity (Wildman–Crippen MR) is 61.1 cm³/mol. The van der Waals surface area contributed by atoms with Gasteiger partial charge in [0.25, 0.3) is 0 Å². The van der Waals surface area contributed by atoms with E-state index in [1.54, 1.807) is 13.0 Å². The first-order valence-corrected chi connectivity index (χ1v) is 6.69. The second-order valence-corrected chi connectivity index (χ2v) is 5.75. The molecule has 6 heteroatoms. The van der Waals surface area contributed by atoms with E-state index in [2.05, 4.69) is 4.99 Å². The molecule has 0 fully saturated rings. The summed E-state index contributed by atoms with van der Waals surface area (Å²) in [5.41, 5.74) is 0.667. The Morgan fingerprint density at radius 2 is 2.06 bits per heavy atom. The number of halogens is 1. The second-order valence-electron chi connectivity index (χ2n) is 3.36. The Morgan fingerprint density at radius 3 is 2.50 bits per heavy atom. The third-order valence-electron chi connectivity index (χ3n) is 2.08. The molecular weight excluding hydrogens is 250 g/mol. The summed E-state index contributed by atoms with van der Waals surface area (Å²) in [4.78, 5) is 13.7. The standard InChI is InChI=1S/C10H10ClNO3S/c1-7(12-6-13)8-3-4-10(9(11)5-8)16(2,14)15/h3-5,7H,1-2H3. The highest BCUT2D eigenvalue weighted by Gasteiger charge is 2.14. The first kappa shape index (κ1) is 12.9. The lowest BCUT2D eigenvalue weighted by molar-refractivity contribution is 0.559. The molecule has 0 aliphatic heterocycles. The number of hydrogen-bond acceptors (Lipinski definition) is 4. The maximum absolute atomic E-state index is 11.3. The summed E-state index contributed by atoms with van der Waals surface area (Å²) < 4.78 is 22.6. The van der Waals surface area contributed by atoms with E-state index < -0.39 is 9.84 Å². The monoisotopic (exact) mass is 259 g/mol. The maximum atomic E-state index is 11.3. The molecule has 0 radical (unpaired) electrons. The number of carbonyl (C=O) groups excluding carboxylic acids is 1. The zero-order chi connectivity index (χ0) is 12.3. The van der Waals surface area contributed by atoms with Gasteiger partial charge in [-0.25, -0.2) is 13.2 Å². The summed E-state index contributed by atoms with van der Waals surface area (Å²) in [7, 11) is -3.33. The molecule has 1 unspecified atom stereocenters. The second kappa shape index (κ2) is 4.78. The molecule has 86 valence electrons. The van der Waals surface area contributed by atoms with Crippen molar-refractivity contribution in [1.82, 2.24) is 0 Å². The van der Waals surface area contributed by atoms with Crippen LogP contribution in [-0.4, -0.2) is 20.8 Å². The summed E-state index contributed by atoms with van der Waals surface area (Å²) in [5.74, 6) is 0. The van der Waals surface area contributed by atoms with Gasteiger partial charge in [-0.2, -0.15) is 4.99 Å². The van der Waals surface area contributed by atoms with Crippen LogP contribution in [0.4, 0.5) is 0 Å². The number of aliphatic imine (C=N–C) groups is 1. The lowest BCUT2D eigenvalue weighted by Gasteiger charge is -2.07. The molecule has 1 aromatic rings. The number of benzene rings is 1. The molecule has 0 amide bonds. The van der Waals surface area contributed by atoms with Gasteiger partial charge in [-0.1, -0.05) is 17.7 Å². The topological polar surface area (TPSA) is 63.6 Å². The van der Waals surface area contributed by atoms with Crippen molar-refractivity contribution in [1.29, 1.82) is 0 Å². The predicted octanol–water partition coefficient (Wildman–Crippen LogP) is 2.14. The highest BCUT2D eigenvalue weighted by atomic mass is 35.5. The van der Waals surface area contributed by atoms with Crippen LogP contribution in [0.3, 0.4) is 0 Å². The molecule has 1 rings (SSSR count). The number of rotatable bonds is 3. The van der Waals surface area contributed by atoms with Gasteiger partial charge >= 0.3 is 0 Å². The quantitative estimate of drug-likeness (QED) is 0.617. The fraction of sp³-hybridized carbons (Fsp3) is 0.300. The molecule has 0 saturated heterocycles. The third-order valence-corrected chi connectivity index (χ3v) is 3.66. The van der Waals surface area contributed by atoms with Crippen molar-refractivity contribution >= 4 is 27.5 Å². The summed E-state index contributed by atoms with van der Waals surface area (Å²) in [6, 6.07) is 4.09. The van der Waals surface area contributed by atoms with E-state index >= 15 is 0 Å². The smallest absolute Gasteiger partial charge is 0.224 e. The lowest BCUT2D eigenvalue weighted by Crippen LogP contribution is -1.99. The molecule has 0 heterocycles. The Hall–Kier alpha value is -1.16. The van der Waals surface area contributed by atoms with Crippen molar-refractivity contribution in [2.75, 3.05) is 6.26 Å². The van der Waals surface area contributed by atoms with Crippen LogP contribution in [0.1, 0.15) is 18.5 Å². The minimum atomic E-state index is -3.33. The van der Waals surface area contributed by atoms with E-state index in [1.165, 1.54) is 18.2 Å². The molecule has 0 aliphatic rings. The minimum Gasteiger partial charge on any atom is -0.224 e. The van der Waals surface area contributed by atoms with Crippen LogP contribution in [0, 0.1) is 0 Å². The van der Waals surface area contributed by atoms with E-state index in [0.717, 1.165) is 6.26 Å². The van der Waals surface area contributed by atoms with Crippen molar-refractivity contribution in [3.63, 3.8) is 0 Å². The zero-order valence-corrected chi connectivity index (χ0v) is 10.3. The van der Waals surface area contributed by atoms with Crippen molar-refractivity contribution in [3.8, 4) is 0 Å². The maximum Gasteiger partial charge on any atom is 0.235 e. The molecular formula is C10H10ClNO3S. The van der Waals surface area contributed by atoms with Gasteiger partial charge < -0.3 is 0 Å². The van der Waals surface area contributed by atoms with Crippen molar-refractivity contribution in [2.45, 2.75) is 17.9 Å². The summed E-state index contributed by atoms with van der Waals surface area (Å²) in [5, 5.41) is 0.132. The fourth-order valence-corrected chi connectivity index (χ4v) is 2.57. The van der Waals surface area contributed by atoms with Gasteiger partial charge in [0.1, 0.15) is 0 Å². The first-order valence-electron chi connectivity index (χ1n) is 4.42. The summed E-state index contributed by atoms with van der Waals surface area (Å²) in [6.45, 7) is 1.69. The largest absolute Gasteiger partial charge is 0.235 e. The fourth-order valence-electron chi connectivity index (χ4n) is 1.23. The number of sulfone groups is 1. The molecule has 0 saturated carbocycles. The van der Waals surface area contributed by atoms with Crippen molar-refractivity contribution in [2.24, 2.45) is 4.99 Å². The van der Waals surface area contributed by atoms with Crippen molar-refractivity contribution < 1.29 is 13.2 Å². The van der Waals surface area contributed by atoms with Gasteiger partial charge in [0.2, 0.25) is 6.08 Å². The molecule has 0 bridgehead atoms. The van der Waals surface area contributed by atoms with Gasteiger partial charge in [-0.05, 0) is 24.6 Å². The Labute approximate surface area is 98.9 Å². The molecule has 0 aromatic heterocycles. The lowest BCUT2D eigenvalue weighted by atomic mass is 10.1. The molecule has 16 heavy (non-hydrogen) atoms. The number of isocyanates is 1. The van der Waals surface area contributed by atoms with E-state index in [0.29, 0.717) is 5.56 Å². The van der Waals surface area contributed by atoms with Crippen LogP contribution in [0.25, 0.3) is 0 Å². The normalized spacial score (nSPS) is 12.9. The zero-order valence-electron chi connectivity index (χ0n) is 8.77. The Kier molecular flexibility index (Phi) is 3.86. The molecule has 1 atom stereocenters. The van der Waals surface area contributed by atoms with Gasteiger partial charge in [0, 0.05) is 6.26 Å². The molecule has 1 aromatic carbocycles. The van der Waals surface area contributed by atoms with Crippen LogP contribution in [-0.2, 0) is 14.6 Å². The molecule has 4 nitrogen and oxygen atoms in total. The highest BCUT2D eigenvalue weighted by molar-refractivity contribution is 7.90. The third kappa shape index (κ3) is 2.92. The Bertz CT molecular complexity index is 547. The van der Waals surface area contributed by atoms with E-state index in [9.17, 15) is 13.2 Å². The summed E-state index contributed by atoms with van der Waals surface area (Å²) in [6.07, 6.45) is 2.53. The average molecular weight is 260 g/mol. The number of nitrogens with zero attached hydrogens (tertiary/aromatic N) is 1. The van der Waals surface area contributed by atoms with E-state index in [4.69, 9.17) is 11.6 Å². The highest BCUT2D eigenvalue weighted by Crippen LogP contribution is 2.26. The van der Waals surface area contributed by atoms with Crippen LogP contribution >= 0.6 is 11.6 Å². The number of hydrogen-bond donors (Lipinski definition) is 0. The minimum absolute atomic E-state index is 0.0696. The van der Waals surface area contributed by atoms with Crippen LogP contribution < -0.4 is 0 Å². The molecule has 0 aliphatic carbocycles. The van der Waals surface area contributed by atoms with E-state index in [1.807, 2.05) is 0 Å². The average Bonchev–Trinajstić information content (AvgIpc) is 2.16. The molecule has 0 spiro atoms. The van der Waals surface area contributed by atoms with Crippen molar-refractivity contribution in [3.05, 3.63) is 28.8 Å². The van der Waals surface area contributed by atoms with Gasteiger partial charge in [-0.15, -0.1) is 0 Å². The summed E-state index contributed by atoms with van der Waals surface area (Å²) >= 11 is 5.84. The Balaban J connectivity index is 3.24. The van der Waals surface area contributed by atoms with Gasteiger partial charge in [-0.3, -0.25) is 0 Å². The van der Waals surface area contributed by atoms with Crippen LogP contribution in [0.15, 0.2) is 28.1 Å². The van der Waals surface area contributed by atoms with Crippen LogP contribution in [0.2, 0.25) is 5.02 Å². The first-order chi connectivity index (χ1) is 7.36. The van der Waals surface area contributed by atoms with Gasteiger partial charge in [0.15, 0.2) is 9.84 Å². The van der Waals surface area contributed by atoms with Crippen LogP contribution in [0.5, 0.6) is 0 Å².